The molecule has 12 rings (SSSR count). The minimum Gasteiger partial charge on any atom is -0.455 e. The Kier molecular flexibility index (Phi) is 7.36. The van der Waals surface area contributed by atoms with Crippen LogP contribution in [0.25, 0.3) is 77.2 Å². The van der Waals surface area contributed by atoms with E-state index < -0.39 is 0 Å². The van der Waals surface area contributed by atoms with Crippen LogP contribution in [-0.4, -0.2) is 0 Å². The Balaban J connectivity index is 1.10. The second kappa shape index (κ2) is 12.7. The van der Waals surface area contributed by atoms with E-state index in [1.807, 2.05) is 0 Å². The monoisotopic (exact) mass is 769 g/mol. The van der Waals surface area contributed by atoms with E-state index in [9.17, 15) is 0 Å². The largest absolute Gasteiger partial charge is 0.455 e. The van der Waals surface area contributed by atoms with Crippen molar-refractivity contribution in [3.05, 3.63) is 210 Å². The number of hydrogen-bond donors (Lipinski definition) is 0. The van der Waals surface area contributed by atoms with Crippen molar-refractivity contribution in [3.8, 4) is 44.5 Å². The number of rotatable bonds is 5. The van der Waals surface area contributed by atoms with E-state index in [4.69, 9.17) is 4.42 Å². The van der Waals surface area contributed by atoms with Gasteiger partial charge in [-0.2, -0.15) is 0 Å². The molecule has 0 bridgehead atoms. The molecule has 2 nitrogen and oxygen atoms in total. The molecule has 0 radical (unpaired) electrons. The molecule has 1 aromatic heterocycles. The van der Waals surface area contributed by atoms with Crippen LogP contribution in [0.15, 0.2) is 192 Å². The zero-order valence-corrected chi connectivity index (χ0v) is 34.3. The molecule has 0 spiro atoms. The highest BCUT2D eigenvalue weighted by molar-refractivity contribution is 6.23. The number of hydrogen-bond acceptors (Lipinski definition) is 2. The molecule has 0 unspecified atom stereocenters. The van der Waals surface area contributed by atoms with E-state index in [0.717, 1.165) is 44.4 Å². The number of nitrogens with zero attached hydrogens (tertiary/aromatic N) is 1. The van der Waals surface area contributed by atoms with Crippen molar-refractivity contribution >= 4 is 49.8 Å². The summed E-state index contributed by atoms with van der Waals surface area (Å²) in [5.74, 6) is 0. The molecule has 0 fully saturated rings. The SMILES string of the molecule is CC1(C)c2ccccc2-c2ccc(N(c3ccccc3)c3cccc4oc5c6ccccc6c(-c6cccc7c6-c6ccc(-c8ccccc8)cc6C7(C)C)cc5c34)cc21. The molecule has 0 amide bonds. The first kappa shape index (κ1) is 34.8. The van der Waals surface area contributed by atoms with Gasteiger partial charge in [0, 0.05) is 33.0 Å². The van der Waals surface area contributed by atoms with Crippen molar-refractivity contribution in [1.82, 2.24) is 0 Å². The molecule has 0 saturated carbocycles. The predicted molar refractivity (Wildman–Crippen MR) is 252 cm³/mol. The Bertz CT molecular complexity index is 3370. The number of fused-ring (bicyclic) bond motifs is 11. The Morgan fingerprint density at radius 1 is 0.383 bits per heavy atom. The minimum atomic E-state index is -0.164. The van der Waals surface area contributed by atoms with E-state index in [1.165, 1.54) is 72.1 Å². The summed E-state index contributed by atoms with van der Waals surface area (Å²) in [6.45, 7) is 9.47. The van der Waals surface area contributed by atoms with E-state index in [1.54, 1.807) is 0 Å². The van der Waals surface area contributed by atoms with Crippen LogP contribution in [0.3, 0.4) is 0 Å². The zero-order chi connectivity index (χ0) is 40.3. The summed E-state index contributed by atoms with van der Waals surface area (Å²) in [6.07, 6.45) is 0. The van der Waals surface area contributed by atoms with Gasteiger partial charge in [0.15, 0.2) is 0 Å². The van der Waals surface area contributed by atoms with E-state index >= 15 is 0 Å². The zero-order valence-electron chi connectivity index (χ0n) is 34.3. The maximum Gasteiger partial charge on any atom is 0.143 e. The number of anilines is 3. The summed E-state index contributed by atoms with van der Waals surface area (Å²) >= 11 is 0. The van der Waals surface area contributed by atoms with Gasteiger partial charge in [0.05, 0.1) is 11.1 Å². The lowest BCUT2D eigenvalue weighted by molar-refractivity contribution is 0.660. The van der Waals surface area contributed by atoms with E-state index in [0.29, 0.717) is 0 Å². The van der Waals surface area contributed by atoms with Gasteiger partial charge in [-0.25, -0.2) is 0 Å². The van der Waals surface area contributed by atoms with Crippen LogP contribution in [0.2, 0.25) is 0 Å². The average molecular weight is 770 g/mol. The Morgan fingerprint density at radius 3 is 1.85 bits per heavy atom. The molecular weight excluding hydrogens is 727 g/mol. The maximum atomic E-state index is 6.98. The van der Waals surface area contributed by atoms with Gasteiger partial charge in [-0.05, 0) is 121 Å². The second-order valence-corrected chi connectivity index (χ2v) is 17.6. The molecule has 2 aliphatic carbocycles. The normalized spacial score (nSPS) is 14.3. The summed E-state index contributed by atoms with van der Waals surface area (Å²) in [6, 6.07) is 69.1. The van der Waals surface area contributed by atoms with Gasteiger partial charge < -0.3 is 9.32 Å². The number of benzene rings is 9. The van der Waals surface area contributed by atoms with Crippen LogP contribution in [0, 0.1) is 0 Å². The van der Waals surface area contributed by atoms with Gasteiger partial charge in [-0.15, -0.1) is 0 Å². The first-order chi connectivity index (χ1) is 29.3. The molecule has 0 atom stereocenters. The van der Waals surface area contributed by atoms with Crippen LogP contribution in [-0.2, 0) is 10.8 Å². The summed E-state index contributed by atoms with van der Waals surface area (Å²) < 4.78 is 6.98. The molecule has 10 aromatic rings. The highest BCUT2D eigenvalue weighted by Crippen LogP contribution is 2.55. The minimum absolute atomic E-state index is 0.126. The fraction of sp³-hybridized carbons (Fsp3) is 0.103. The fourth-order valence-electron chi connectivity index (χ4n) is 10.7. The highest BCUT2D eigenvalue weighted by atomic mass is 16.3. The van der Waals surface area contributed by atoms with Crippen molar-refractivity contribution in [2.45, 2.75) is 38.5 Å². The predicted octanol–water partition coefficient (Wildman–Crippen LogP) is 16.2. The lowest BCUT2D eigenvalue weighted by atomic mass is 9.81. The molecular formula is C58H43NO. The number of para-hydroxylation sites is 1. The highest BCUT2D eigenvalue weighted by Gasteiger charge is 2.38. The lowest BCUT2D eigenvalue weighted by Crippen LogP contribution is -2.16. The van der Waals surface area contributed by atoms with Crippen molar-refractivity contribution in [3.63, 3.8) is 0 Å². The number of furan rings is 1. The smallest absolute Gasteiger partial charge is 0.143 e. The average Bonchev–Trinajstić information content (AvgIpc) is 3.87. The van der Waals surface area contributed by atoms with Gasteiger partial charge >= 0.3 is 0 Å². The van der Waals surface area contributed by atoms with Gasteiger partial charge in [-0.1, -0.05) is 167 Å². The van der Waals surface area contributed by atoms with Gasteiger partial charge in [-0.3, -0.25) is 0 Å². The molecule has 0 saturated heterocycles. The fourth-order valence-corrected chi connectivity index (χ4v) is 10.7. The van der Waals surface area contributed by atoms with Crippen molar-refractivity contribution in [1.29, 1.82) is 0 Å². The van der Waals surface area contributed by atoms with E-state index in [-0.39, 0.29) is 10.8 Å². The summed E-state index contributed by atoms with van der Waals surface area (Å²) in [7, 11) is 0. The Labute approximate surface area is 351 Å². The van der Waals surface area contributed by atoms with Crippen molar-refractivity contribution < 1.29 is 4.42 Å². The molecule has 2 heteroatoms. The quantitative estimate of drug-likeness (QED) is 0.173. The summed E-state index contributed by atoms with van der Waals surface area (Å²) in [4.78, 5) is 2.43. The standard InChI is InChI=1S/C58H43NO/c1-57(2)48-25-14-13-22-41(48)42-32-30-39(34-51(42)57)59(38-19-9-6-10-20-38)52-27-16-28-53-55(52)47-35-46(40-21-11-12-23-44(40)56(47)60-53)43-24-15-26-49-54(43)45-31-29-37(33-50(45)58(49,3)4)36-17-7-5-8-18-36/h5-35H,1-4H3. The van der Waals surface area contributed by atoms with Crippen LogP contribution >= 0.6 is 0 Å². The first-order valence-corrected chi connectivity index (χ1v) is 21.1. The third-order valence-electron chi connectivity index (χ3n) is 13.7. The first-order valence-electron chi connectivity index (χ1n) is 21.1. The van der Waals surface area contributed by atoms with Crippen molar-refractivity contribution in [2.75, 3.05) is 4.90 Å². The Morgan fingerprint density at radius 2 is 1.02 bits per heavy atom. The van der Waals surface area contributed by atoms with Crippen LogP contribution < -0.4 is 4.90 Å². The molecule has 2 aliphatic rings. The van der Waals surface area contributed by atoms with Crippen LogP contribution in [0.1, 0.15) is 49.9 Å². The molecule has 9 aromatic carbocycles. The topological polar surface area (TPSA) is 16.4 Å². The molecule has 0 aliphatic heterocycles. The Hall–Kier alpha value is -7.16. The molecule has 0 N–H and O–H groups in total. The van der Waals surface area contributed by atoms with E-state index in [2.05, 4.69) is 221 Å². The lowest BCUT2D eigenvalue weighted by Gasteiger charge is -2.28. The third-order valence-corrected chi connectivity index (χ3v) is 13.7. The van der Waals surface area contributed by atoms with Crippen molar-refractivity contribution in [2.24, 2.45) is 0 Å². The molecule has 286 valence electrons. The molecule has 1 heterocycles. The van der Waals surface area contributed by atoms with Gasteiger partial charge in [0.2, 0.25) is 0 Å². The maximum absolute atomic E-state index is 6.98. The van der Waals surface area contributed by atoms with Crippen LogP contribution in [0.4, 0.5) is 17.1 Å². The second-order valence-electron chi connectivity index (χ2n) is 17.6. The summed E-state index contributed by atoms with van der Waals surface area (Å²) in [5, 5.41) is 4.52. The summed E-state index contributed by atoms with van der Waals surface area (Å²) in [5.41, 5.74) is 20.5. The van der Waals surface area contributed by atoms with Crippen LogP contribution in [0.5, 0.6) is 0 Å². The van der Waals surface area contributed by atoms with Gasteiger partial charge in [0.1, 0.15) is 11.2 Å². The van der Waals surface area contributed by atoms with Gasteiger partial charge in [0.25, 0.3) is 0 Å². The third kappa shape index (κ3) is 4.88. The molecule has 60 heavy (non-hydrogen) atoms.